The lowest BCUT2D eigenvalue weighted by atomic mass is 9.99. The van der Waals surface area contributed by atoms with Gasteiger partial charge in [0.25, 0.3) is 5.91 Å². The lowest BCUT2D eigenvalue weighted by molar-refractivity contribution is -0.192. The largest absolute Gasteiger partial charge is 0.490 e. The number of likely N-dealkylation sites (N-methyl/N-ethyl adjacent to an activating group) is 1. The SMILES string of the molecule is CN1CCN(C(=O)c2ccc(-c3ccc(C[C@@H](C#N)NC(=O)[C@@H]4CCCCN4)cc3)cc2)CC1.O=C(O)C(F)(F)F. The Hall–Kier alpha value is -3.95. The summed E-state index contributed by atoms with van der Waals surface area (Å²) in [5, 5.41) is 22.7. The van der Waals surface area contributed by atoms with Gasteiger partial charge in [-0.25, -0.2) is 4.79 Å². The van der Waals surface area contributed by atoms with E-state index >= 15 is 0 Å². The second-order valence-corrected chi connectivity index (χ2v) is 10.1. The van der Waals surface area contributed by atoms with Crippen molar-refractivity contribution in [1.29, 1.82) is 5.26 Å². The molecule has 2 aliphatic heterocycles. The number of carboxylic acids is 1. The zero-order chi connectivity index (χ0) is 30.0. The molecule has 2 amide bonds. The topological polar surface area (TPSA) is 126 Å². The lowest BCUT2D eigenvalue weighted by Crippen LogP contribution is -2.49. The molecule has 2 aliphatic rings. The van der Waals surface area contributed by atoms with Gasteiger partial charge in [0, 0.05) is 38.2 Å². The number of carboxylic acid groups (broad SMARTS) is 1. The monoisotopic (exact) mass is 573 g/mol. The lowest BCUT2D eigenvalue weighted by Gasteiger charge is -2.32. The zero-order valence-electron chi connectivity index (χ0n) is 22.8. The fourth-order valence-electron chi connectivity index (χ4n) is 4.54. The number of halogens is 3. The van der Waals surface area contributed by atoms with Crippen LogP contribution in [0.5, 0.6) is 0 Å². The third-order valence-electron chi connectivity index (χ3n) is 6.99. The molecule has 0 aliphatic carbocycles. The van der Waals surface area contributed by atoms with Gasteiger partial charge in [0.05, 0.1) is 12.1 Å². The molecule has 41 heavy (non-hydrogen) atoms. The Morgan fingerprint density at radius 3 is 2.07 bits per heavy atom. The number of carbonyl (C=O) groups is 3. The molecule has 220 valence electrons. The maximum absolute atomic E-state index is 12.8. The first-order valence-corrected chi connectivity index (χ1v) is 13.4. The number of hydrogen-bond acceptors (Lipinski definition) is 6. The molecule has 2 fully saturated rings. The molecule has 9 nitrogen and oxygen atoms in total. The van der Waals surface area contributed by atoms with Crippen LogP contribution in [0.2, 0.25) is 0 Å². The Kier molecular flexibility index (Phi) is 11.3. The van der Waals surface area contributed by atoms with Gasteiger partial charge in [-0.15, -0.1) is 0 Å². The summed E-state index contributed by atoms with van der Waals surface area (Å²) in [6.45, 7) is 4.19. The van der Waals surface area contributed by atoms with Gasteiger partial charge in [-0.05, 0) is 55.3 Å². The van der Waals surface area contributed by atoms with Gasteiger partial charge in [-0.3, -0.25) is 9.59 Å². The van der Waals surface area contributed by atoms with Crippen molar-refractivity contribution in [3.8, 4) is 17.2 Å². The molecule has 2 heterocycles. The Morgan fingerprint density at radius 2 is 1.59 bits per heavy atom. The van der Waals surface area contributed by atoms with Gasteiger partial charge in [-0.1, -0.05) is 42.8 Å². The minimum atomic E-state index is -5.08. The number of amides is 2. The Morgan fingerprint density at radius 1 is 1.02 bits per heavy atom. The summed E-state index contributed by atoms with van der Waals surface area (Å²) < 4.78 is 31.7. The fourth-order valence-corrected chi connectivity index (χ4v) is 4.54. The summed E-state index contributed by atoms with van der Waals surface area (Å²) in [7, 11) is 2.08. The number of piperidine rings is 1. The second kappa shape index (κ2) is 14.6. The highest BCUT2D eigenvalue weighted by Crippen LogP contribution is 2.22. The van der Waals surface area contributed by atoms with E-state index in [9.17, 15) is 28.0 Å². The van der Waals surface area contributed by atoms with E-state index in [1.165, 1.54) is 0 Å². The summed E-state index contributed by atoms with van der Waals surface area (Å²) in [5.41, 5.74) is 3.79. The van der Waals surface area contributed by atoms with Crippen LogP contribution in [-0.2, 0) is 16.0 Å². The quantitative estimate of drug-likeness (QED) is 0.485. The van der Waals surface area contributed by atoms with E-state index in [0.717, 1.165) is 68.7 Å². The van der Waals surface area contributed by atoms with Crippen molar-refractivity contribution in [2.75, 3.05) is 39.8 Å². The Labute approximate surface area is 236 Å². The van der Waals surface area contributed by atoms with Gasteiger partial charge in [-0.2, -0.15) is 18.4 Å². The molecule has 12 heteroatoms. The number of aliphatic carboxylic acids is 1. The first-order valence-electron chi connectivity index (χ1n) is 13.4. The third-order valence-corrected chi connectivity index (χ3v) is 6.99. The van der Waals surface area contributed by atoms with Crippen molar-refractivity contribution in [3.63, 3.8) is 0 Å². The smallest absolute Gasteiger partial charge is 0.475 e. The van der Waals surface area contributed by atoms with Crippen LogP contribution in [0.25, 0.3) is 11.1 Å². The van der Waals surface area contributed by atoms with E-state index in [1.54, 1.807) is 0 Å². The predicted octanol–water partition coefficient (Wildman–Crippen LogP) is 3.07. The molecule has 0 saturated carbocycles. The van der Waals surface area contributed by atoms with Crippen LogP contribution in [-0.4, -0.2) is 90.7 Å². The number of nitrogens with one attached hydrogen (secondary N) is 2. The Bertz CT molecular complexity index is 1210. The van der Waals surface area contributed by atoms with Crippen LogP contribution in [0.15, 0.2) is 48.5 Å². The molecule has 2 atom stereocenters. The van der Waals surface area contributed by atoms with Gasteiger partial charge < -0.3 is 25.5 Å². The summed E-state index contributed by atoms with van der Waals surface area (Å²) >= 11 is 0. The van der Waals surface area contributed by atoms with Gasteiger partial charge in [0.2, 0.25) is 5.91 Å². The van der Waals surface area contributed by atoms with Crippen LogP contribution < -0.4 is 10.6 Å². The molecular formula is C29H34F3N5O4. The van der Waals surface area contributed by atoms with E-state index < -0.39 is 18.2 Å². The Balaban J connectivity index is 0.000000587. The van der Waals surface area contributed by atoms with E-state index in [1.807, 2.05) is 53.4 Å². The average molecular weight is 574 g/mol. The number of piperazine rings is 1. The van der Waals surface area contributed by atoms with Gasteiger partial charge in [0.1, 0.15) is 6.04 Å². The molecule has 2 saturated heterocycles. The second-order valence-electron chi connectivity index (χ2n) is 10.1. The molecule has 2 aromatic rings. The van der Waals surface area contributed by atoms with Crippen LogP contribution in [0.3, 0.4) is 0 Å². The van der Waals surface area contributed by atoms with E-state index in [2.05, 4.69) is 28.7 Å². The number of benzene rings is 2. The van der Waals surface area contributed by atoms with Crippen molar-refractivity contribution in [1.82, 2.24) is 20.4 Å². The van der Waals surface area contributed by atoms with E-state index in [0.29, 0.717) is 12.0 Å². The molecule has 0 radical (unpaired) electrons. The fraction of sp³-hybridized carbons (Fsp3) is 0.448. The number of rotatable bonds is 6. The molecule has 0 spiro atoms. The molecule has 0 unspecified atom stereocenters. The number of carbonyl (C=O) groups excluding carboxylic acids is 2. The summed E-state index contributed by atoms with van der Waals surface area (Å²) in [6, 6.07) is 17.2. The van der Waals surface area contributed by atoms with Crippen molar-refractivity contribution in [2.24, 2.45) is 0 Å². The number of nitrogens with zero attached hydrogens (tertiary/aromatic N) is 3. The summed E-state index contributed by atoms with van der Waals surface area (Å²) in [6.07, 6.45) is -1.67. The molecular weight excluding hydrogens is 539 g/mol. The number of alkyl halides is 3. The molecule has 3 N–H and O–H groups in total. The highest BCUT2D eigenvalue weighted by molar-refractivity contribution is 5.94. The zero-order valence-corrected chi connectivity index (χ0v) is 22.8. The van der Waals surface area contributed by atoms with Crippen LogP contribution in [0.1, 0.15) is 35.2 Å². The van der Waals surface area contributed by atoms with Crippen molar-refractivity contribution in [3.05, 3.63) is 59.7 Å². The number of nitriles is 1. The van der Waals surface area contributed by atoms with Crippen molar-refractivity contribution >= 4 is 17.8 Å². The number of hydrogen-bond donors (Lipinski definition) is 3. The maximum atomic E-state index is 12.8. The van der Waals surface area contributed by atoms with Crippen molar-refractivity contribution in [2.45, 2.75) is 43.9 Å². The molecule has 4 rings (SSSR count). The molecule has 2 aromatic carbocycles. The first-order chi connectivity index (χ1) is 19.5. The van der Waals surface area contributed by atoms with Gasteiger partial charge >= 0.3 is 12.1 Å². The average Bonchev–Trinajstić information content (AvgIpc) is 2.97. The summed E-state index contributed by atoms with van der Waals surface area (Å²) in [4.78, 5) is 38.2. The van der Waals surface area contributed by atoms with Crippen molar-refractivity contribution < 1.29 is 32.7 Å². The maximum Gasteiger partial charge on any atom is 0.490 e. The minimum absolute atomic E-state index is 0.0861. The first kappa shape index (κ1) is 31.6. The highest BCUT2D eigenvalue weighted by atomic mass is 19.4. The predicted molar refractivity (Wildman–Crippen MR) is 146 cm³/mol. The molecule has 0 bridgehead atoms. The van der Waals surface area contributed by atoms with Crippen LogP contribution in [0.4, 0.5) is 13.2 Å². The van der Waals surface area contributed by atoms with E-state index in [4.69, 9.17) is 9.90 Å². The van der Waals surface area contributed by atoms with Crippen LogP contribution >= 0.6 is 0 Å². The molecule has 0 aromatic heterocycles. The van der Waals surface area contributed by atoms with Crippen LogP contribution in [0, 0.1) is 11.3 Å². The normalized spacial score (nSPS) is 18.3. The summed E-state index contributed by atoms with van der Waals surface area (Å²) in [5.74, 6) is -2.76. The standard InChI is InChI=1S/C27H33N5O2.C2HF3O2/c1-31-14-16-32(17-15-31)27(34)23-11-9-22(10-12-23)21-7-5-20(6-8-21)18-24(19-28)30-26(33)25-4-2-3-13-29-25;3-2(4,5)1(6)7/h5-12,24-25,29H,2-4,13-18H2,1H3,(H,30,33);(H,6,7)/t24-,25-;/m0./s1. The minimum Gasteiger partial charge on any atom is -0.475 e. The van der Waals surface area contributed by atoms with E-state index in [-0.39, 0.29) is 17.9 Å². The van der Waals surface area contributed by atoms with Gasteiger partial charge in [0.15, 0.2) is 0 Å². The highest BCUT2D eigenvalue weighted by Gasteiger charge is 2.38. The third kappa shape index (κ3) is 9.58.